The Morgan fingerprint density at radius 3 is 2.59 bits per heavy atom. The van der Waals surface area contributed by atoms with Crippen LogP contribution in [0.3, 0.4) is 0 Å². The van der Waals surface area contributed by atoms with Crippen molar-refractivity contribution in [2.45, 2.75) is 6.29 Å². The van der Waals surface area contributed by atoms with E-state index in [0.717, 1.165) is 0 Å². The number of rotatable bonds is 2. The lowest BCUT2D eigenvalue weighted by molar-refractivity contribution is -0.286. The van der Waals surface area contributed by atoms with Gasteiger partial charge in [-0.15, -0.1) is 8.78 Å². The van der Waals surface area contributed by atoms with Crippen LogP contribution in [-0.2, 0) is 0 Å². The second-order valence-electron chi connectivity index (χ2n) is 4.38. The molecular formula is C14H7Cl2F2NO3. The van der Waals surface area contributed by atoms with Gasteiger partial charge >= 0.3 is 6.29 Å². The van der Waals surface area contributed by atoms with E-state index in [2.05, 4.69) is 14.8 Å². The summed E-state index contributed by atoms with van der Waals surface area (Å²) in [6.07, 6.45) is -3.71. The van der Waals surface area contributed by atoms with Gasteiger partial charge in [-0.05, 0) is 24.3 Å². The number of carbonyl (C=O) groups is 1. The highest BCUT2D eigenvalue weighted by atomic mass is 35.5. The summed E-state index contributed by atoms with van der Waals surface area (Å²) >= 11 is 11.8. The first kappa shape index (κ1) is 14.9. The number of anilines is 1. The van der Waals surface area contributed by atoms with Crippen molar-refractivity contribution in [3.63, 3.8) is 0 Å². The molecular weight excluding hydrogens is 339 g/mol. The molecule has 8 heteroatoms. The van der Waals surface area contributed by atoms with E-state index >= 15 is 0 Å². The summed E-state index contributed by atoms with van der Waals surface area (Å²) in [4.78, 5) is 12.1. The Balaban J connectivity index is 1.83. The second-order valence-corrected chi connectivity index (χ2v) is 5.17. The Bertz CT molecular complexity index is 768. The quantitative estimate of drug-likeness (QED) is 0.867. The van der Waals surface area contributed by atoms with E-state index in [-0.39, 0.29) is 32.8 Å². The SMILES string of the molecule is O=C(Nc1ccc2c(c1)OC(F)(F)O2)c1cccc(Cl)c1Cl. The molecule has 0 saturated heterocycles. The van der Waals surface area contributed by atoms with Gasteiger partial charge in [0.25, 0.3) is 5.91 Å². The molecule has 0 bridgehead atoms. The molecule has 1 heterocycles. The average Bonchev–Trinajstić information content (AvgIpc) is 2.75. The fourth-order valence-corrected chi connectivity index (χ4v) is 2.29. The van der Waals surface area contributed by atoms with Crippen LogP contribution >= 0.6 is 23.2 Å². The smallest absolute Gasteiger partial charge is 0.395 e. The molecule has 4 nitrogen and oxygen atoms in total. The van der Waals surface area contributed by atoms with Crippen molar-refractivity contribution in [1.29, 1.82) is 0 Å². The zero-order valence-electron chi connectivity index (χ0n) is 10.7. The fraction of sp³-hybridized carbons (Fsp3) is 0.0714. The first-order valence-electron chi connectivity index (χ1n) is 6.01. The van der Waals surface area contributed by atoms with Crippen molar-refractivity contribution in [3.8, 4) is 11.5 Å². The average molecular weight is 346 g/mol. The van der Waals surface area contributed by atoms with Gasteiger partial charge in [0, 0.05) is 11.8 Å². The summed E-state index contributed by atoms with van der Waals surface area (Å²) < 4.78 is 34.4. The first-order valence-corrected chi connectivity index (χ1v) is 6.76. The highest BCUT2D eigenvalue weighted by Crippen LogP contribution is 2.42. The summed E-state index contributed by atoms with van der Waals surface area (Å²) in [5, 5.41) is 2.86. The lowest BCUT2D eigenvalue weighted by Gasteiger charge is -2.08. The molecule has 0 aliphatic carbocycles. The van der Waals surface area contributed by atoms with Gasteiger partial charge in [-0.1, -0.05) is 29.3 Å². The molecule has 1 amide bonds. The van der Waals surface area contributed by atoms with Crippen LogP contribution in [-0.4, -0.2) is 12.2 Å². The number of hydrogen-bond acceptors (Lipinski definition) is 3. The van der Waals surface area contributed by atoms with Crippen LogP contribution in [0.1, 0.15) is 10.4 Å². The number of fused-ring (bicyclic) bond motifs is 1. The molecule has 22 heavy (non-hydrogen) atoms. The predicted octanol–water partition coefficient (Wildman–Crippen LogP) is 4.57. The molecule has 3 rings (SSSR count). The molecule has 0 unspecified atom stereocenters. The minimum Gasteiger partial charge on any atom is -0.395 e. The number of hydrogen-bond donors (Lipinski definition) is 1. The number of ether oxygens (including phenoxy) is 2. The first-order chi connectivity index (χ1) is 10.4. The minimum atomic E-state index is -3.71. The highest BCUT2D eigenvalue weighted by Gasteiger charge is 2.43. The van der Waals surface area contributed by atoms with E-state index in [1.807, 2.05) is 0 Å². The van der Waals surface area contributed by atoms with Crippen LogP contribution in [0.5, 0.6) is 11.5 Å². The van der Waals surface area contributed by atoms with E-state index in [4.69, 9.17) is 23.2 Å². The molecule has 0 spiro atoms. The third-order valence-corrected chi connectivity index (χ3v) is 3.67. The number of nitrogens with one attached hydrogen (secondary N) is 1. The van der Waals surface area contributed by atoms with Crippen molar-refractivity contribution in [2.24, 2.45) is 0 Å². The lowest BCUT2D eigenvalue weighted by Crippen LogP contribution is -2.25. The van der Waals surface area contributed by atoms with Crippen LogP contribution in [0.15, 0.2) is 36.4 Å². The van der Waals surface area contributed by atoms with Crippen LogP contribution < -0.4 is 14.8 Å². The Labute approximate surface area is 133 Å². The van der Waals surface area contributed by atoms with Crippen LogP contribution in [0.4, 0.5) is 14.5 Å². The van der Waals surface area contributed by atoms with Gasteiger partial charge in [0.2, 0.25) is 0 Å². The third kappa shape index (κ3) is 2.80. The molecule has 0 aromatic heterocycles. The molecule has 0 saturated carbocycles. The number of benzene rings is 2. The second kappa shape index (κ2) is 5.30. The molecule has 114 valence electrons. The zero-order valence-corrected chi connectivity index (χ0v) is 12.2. The van der Waals surface area contributed by atoms with E-state index in [1.54, 1.807) is 12.1 Å². The summed E-state index contributed by atoms with van der Waals surface area (Å²) in [6.45, 7) is 0. The molecule has 1 aliphatic heterocycles. The summed E-state index contributed by atoms with van der Waals surface area (Å²) in [5.74, 6) is -0.804. The molecule has 0 atom stereocenters. The van der Waals surface area contributed by atoms with Crippen molar-refractivity contribution < 1.29 is 23.0 Å². The van der Waals surface area contributed by atoms with Crippen molar-refractivity contribution in [1.82, 2.24) is 0 Å². The van der Waals surface area contributed by atoms with Gasteiger partial charge in [-0.2, -0.15) is 0 Å². The number of amides is 1. The maximum Gasteiger partial charge on any atom is 0.586 e. The van der Waals surface area contributed by atoms with Crippen LogP contribution in [0.25, 0.3) is 0 Å². The maximum atomic E-state index is 12.9. The lowest BCUT2D eigenvalue weighted by atomic mass is 10.2. The standard InChI is InChI=1S/C14H7Cl2F2NO3/c15-9-3-1-2-8(12(9)16)13(20)19-7-4-5-10-11(6-7)22-14(17,18)21-10/h1-6H,(H,19,20). The summed E-state index contributed by atoms with van der Waals surface area (Å²) in [7, 11) is 0. The van der Waals surface area contributed by atoms with E-state index in [0.29, 0.717) is 0 Å². The zero-order chi connectivity index (χ0) is 15.9. The number of alkyl halides is 2. The van der Waals surface area contributed by atoms with Gasteiger partial charge in [-0.3, -0.25) is 4.79 Å². The summed E-state index contributed by atoms with van der Waals surface area (Å²) in [6, 6.07) is 8.51. The molecule has 0 fully saturated rings. The molecule has 0 radical (unpaired) electrons. The predicted molar refractivity (Wildman–Crippen MR) is 77.1 cm³/mol. The minimum absolute atomic E-state index is 0.106. The number of halogens is 4. The van der Waals surface area contributed by atoms with Crippen molar-refractivity contribution in [2.75, 3.05) is 5.32 Å². The van der Waals surface area contributed by atoms with E-state index in [1.165, 1.54) is 24.3 Å². The molecule has 2 aromatic rings. The molecule has 2 aromatic carbocycles. The van der Waals surface area contributed by atoms with E-state index in [9.17, 15) is 13.6 Å². The normalized spacial score (nSPS) is 14.7. The highest BCUT2D eigenvalue weighted by molar-refractivity contribution is 6.44. The topological polar surface area (TPSA) is 47.6 Å². The van der Waals surface area contributed by atoms with Gasteiger partial charge in [0.15, 0.2) is 11.5 Å². The van der Waals surface area contributed by atoms with Gasteiger partial charge in [-0.25, -0.2) is 0 Å². The van der Waals surface area contributed by atoms with Gasteiger partial charge in [0.1, 0.15) is 0 Å². The fourth-order valence-electron chi connectivity index (χ4n) is 1.90. The van der Waals surface area contributed by atoms with E-state index < -0.39 is 12.2 Å². The Morgan fingerprint density at radius 2 is 1.82 bits per heavy atom. The Morgan fingerprint density at radius 1 is 1.09 bits per heavy atom. The number of carbonyl (C=O) groups excluding carboxylic acids is 1. The van der Waals surface area contributed by atoms with Gasteiger partial charge in [0.05, 0.1) is 15.6 Å². The third-order valence-electron chi connectivity index (χ3n) is 2.86. The Hall–Kier alpha value is -2.05. The van der Waals surface area contributed by atoms with Crippen LogP contribution in [0, 0.1) is 0 Å². The Kier molecular flexibility index (Phi) is 3.58. The van der Waals surface area contributed by atoms with Crippen molar-refractivity contribution in [3.05, 3.63) is 52.0 Å². The molecule has 1 aliphatic rings. The maximum absolute atomic E-state index is 12.9. The monoisotopic (exact) mass is 345 g/mol. The molecule has 1 N–H and O–H groups in total. The van der Waals surface area contributed by atoms with Crippen molar-refractivity contribution >= 4 is 34.8 Å². The van der Waals surface area contributed by atoms with Crippen LogP contribution in [0.2, 0.25) is 10.0 Å². The summed E-state index contributed by atoms with van der Waals surface area (Å²) in [5.41, 5.74) is 0.415. The largest absolute Gasteiger partial charge is 0.586 e. The van der Waals surface area contributed by atoms with Gasteiger partial charge < -0.3 is 14.8 Å².